The largest absolute Gasteiger partial charge is 0.390 e. The van der Waals surface area contributed by atoms with Crippen molar-refractivity contribution in [3.8, 4) is 0 Å². The van der Waals surface area contributed by atoms with Crippen LogP contribution in [-0.2, 0) is 18.3 Å². The number of hydrogen-bond donors (Lipinski definition) is 1. The molecule has 0 saturated carbocycles. The van der Waals surface area contributed by atoms with Gasteiger partial charge in [-0.1, -0.05) is 0 Å². The molecule has 98 valence electrons. The Balaban J connectivity index is 4.12. The lowest BCUT2D eigenvalue weighted by Gasteiger charge is -2.20. The van der Waals surface area contributed by atoms with E-state index in [9.17, 15) is 9.67 Å². The molecule has 6 heteroatoms. The molecule has 0 aromatic carbocycles. The number of hydrogen-bond acceptors (Lipinski definition) is 5. The molecule has 0 aromatic heterocycles. The molecule has 0 bridgehead atoms. The fraction of sp³-hybridized carbons (Fsp3) is 1.00. The van der Waals surface area contributed by atoms with Gasteiger partial charge in [0.2, 0.25) is 0 Å². The highest BCUT2D eigenvalue weighted by Crippen LogP contribution is 2.48. The van der Waals surface area contributed by atoms with Gasteiger partial charge in [-0.05, 0) is 27.7 Å². The summed E-state index contributed by atoms with van der Waals surface area (Å²) in [5.41, 5.74) is 0. The fourth-order valence-electron chi connectivity index (χ4n) is 1.15. The molecule has 0 saturated heterocycles. The zero-order valence-corrected chi connectivity index (χ0v) is 11.4. The Kier molecular flexibility index (Phi) is 8.24. The van der Waals surface area contributed by atoms with Crippen LogP contribution in [0.3, 0.4) is 0 Å². The van der Waals surface area contributed by atoms with Crippen LogP contribution in [0.5, 0.6) is 0 Å². The van der Waals surface area contributed by atoms with Gasteiger partial charge in [0.05, 0.1) is 38.2 Å². The SMILES string of the molecule is CCOP(=O)(CC(O)COC(C)C)OCC. The van der Waals surface area contributed by atoms with Gasteiger partial charge >= 0.3 is 7.60 Å². The van der Waals surface area contributed by atoms with Gasteiger partial charge in [0.15, 0.2) is 0 Å². The number of ether oxygens (including phenoxy) is 1. The molecule has 0 aliphatic heterocycles. The Morgan fingerprint density at radius 2 is 1.69 bits per heavy atom. The smallest absolute Gasteiger partial charge is 0.333 e. The molecule has 5 nitrogen and oxygen atoms in total. The Morgan fingerprint density at radius 3 is 2.06 bits per heavy atom. The topological polar surface area (TPSA) is 65.0 Å². The van der Waals surface area contributed by atoms with E-state index in [1.54, 1.807) is 13.8 Å². The monoisotopic (exact) mass is 254 g/mol. The minimum absolute atomic E-state index is 0.0264. The maximum Gasteiger partial charge on any atom is 0.333 e. The lowest BCUT2D eigenvalue weighted by atomic mass is 10.4. The van der Waals surface area contributed by atoms with Gasteiger partial charge in [-0.15, -0.1) is 0 Å². The van der Waals surface area contributed by atoms with E-state index in [0.29, 0.717) is 13.2 Å². The highest BCUT2D eigenvalue weighted by Gasteiger charge is 2.27. The predicted octanol–water partition coefficient (Wildman–Crippen LogP) is 2.04. The third-order valence-electron chi connectivity index (χ3n) is 1.71. The Bertz CT molecular complexity index is 209. The average Bonchev–Trinajstić information content (AvgIpc) is 2.15. The second kappa shape index (κ2) is 8.20. The van der Waals surface area contributed by atoms with Crippen LogP contribution in [0.2, 0.25) is 0 Å². The Labute approximate surface area is 97.6 Å². The summed E-state index contributed by atoms with van der Waals surface area (Å²) in [6, 6.07) is 0. The molecule has 0 aliphatic carbocycles. The second-order valence-electron chi connectivity index (χ2n) is 3.66. The summed E-state index contributed by atoms with van der Waals surface area (Å²) in [5.74, 6) is 0. The lowest BCUT2D eigenvalue weighted by Crippen LogP contribution is -2.23. The van der Waals surface area contributed by atoms with Crippen LogP contribution >= 0.6 is 7.60 Å². The zero-order valence-electron chi connectivity index (χ0n) is 10.5. The van der Waals surface area contributed by atoms with Gasteiger partial charge < -0.3 is 18.9 Å². The van der Waals surface area contributed by atoms with Crippen molar-refractivity contribution in [1.82, 2.24) is 0 Å². The van der Waals surface area contributed by atoms with Crippen molar-refractivity contribution >= 4 is 7.60 Å². The lowest BCUT2D eigenvalue weighted by molar-refractivity contribution is 0.0120. The third-order valence-corrected chi connectivity index (χ3v) is 3.88. The zero-order chi connectivity index (χ0) is 12.6. The maximum absolute atomic E-state index is 12.0. The molecule has 0 heterocycles. The first-order valence-electron chi connectivity index (χ1n) is 5.61. The van der Waals surface area contributed by atoms with E-state index in [1.807, 2.05) is 13.8 Å². The molecule has 0 radical (unpaired) electrons. The van der Waals surface area contributed by atoms with E-state index < -0.39 is 13.7 Å². The highest BCUT2D eigenvalue weighted by molar-refractivity contribution is 7.53. The maximum atomic E-state index is 12.0. The van der Waals surface area contributed by atoms with Gasteiger partial charge in [-0.2, -0.15) is 0 Å². The molecular weight excluding hydrogens is 231 g/mol. The van der Waals surface area contributed by atoms with Crippen LogP contribution in [0, 0.1) is 0 Å². The van der Waals surface area contributed by atoms with Gasteiger partial charge in [0.1, 0.15) is 0 Å². The molecule has 0 amide bonds. The molecule has 0 aromatic rings. The Morgan fingerprint density at radius 1 is 1.19 bits per heavy atom. The van der Waals surface area contributed by atoms with E-state index >= 15 is 0 Å². The first-order chi connectivity index (χ1) is 7.43. The molecular formula is C10H23O5P. The third kappa shape index (κ3) is 7.36. The summed E-state index contributed by atoms with van der Waals surface area (Å²) in [7, 11) is -3.17. The van der Waals surface area contributed by atoms with Crippen molar-refractivity contribution in [3.05, 3.63) is 0 Å². The first-order valence-corrected chi connectivity index (χ1v) is 7.34. The van der Waals surface area contributed by atoms with Crippen LogP contribution in [0.1, 0.15) is 27.7 Å². The molecule has 1 atom stereocenters. The predicted molar refractivity (Wildman–Crippen MR) is 62.8 cm³/mol. The van der Waals surface area contributed by atoms with Gasteiger partial charge in [-0.25, -0.2) is 0 Å². The molecule has 0 rings (SSSR count). The van der Waals surface area contributed by atoms with Gasteiger partial charge in [0, 0.05) is 0 Å². The van der Waals surface area contributed by atoms with Crippen LogP contribution in [0.15, 0.2) is 0 Å². The van der Waals surface area contributed by atoms with E-state index in [0.717, 1.165) is 0 Å². The van der Waals surface area contributed by atoms with Crippen LogP contribution < -0.4 is 0 Å². The van der Waals surface area contributed by atoms with E-state index in [1.165, 1.54) is 0 Å². The van der Waals surface area contributed by atoms with Crippen molar-refractivity contribution in [2.24, 2.45) is 0 Å². The number of aliphatic hydroxyl groups is 1. The van der Waals surface area contributed by atoms with E-state index in [4.69, 9.17) is 13.8 Å². The van der Waals surface area contributed by atoms with E-state index in [-0.39, 0.29) is 18.9 Å². The fourth-order valence-corrected chi connectivity index (χ4v) is 2.84. The van der Waals surface area contributed by atoms with Crippen LogP contribution in [-0.4, -0.2) is 43.3 Å². The molecule has 0 aliphatic rings. The molecule has 1 N–H and O–H groups in total. The standard InChI is InChI=1S/C10H23O5P/c1-5-14-16(12,15-6-2)8-10(11)7-13-9(3)4/h9-11H,5-8H2,1-4H3. The first kappa shape index (κ1) is 16.1. The second-order valence-corrected chi connectivity index (χ2v) is 5.77. The normalized spacial score (nSPS) is 14.4. The number of rotatable bonds is 9. The summed E-state index contributed by atoms with van der Waals surface area (Å²) < 4.78 is 27.4. The summed E-state index contributed by atoms with van der Waals surface area (Å²) in [5, 5.41) is 9.63. The van der Waals surface area contributed by atoms with Gasteiger partial charge in [-0.3, -0.25) is 4.57 Å². The van der Waals surface area contributed by atoms with Crippen molar-refractivity contribution in [2.75, 3.05) is 26.0 Å². The van der Waals surface area contributed by atoms with Gasteiger partial charge in [0.25, 0.3) is 0 Å². The van der Waals surface area contributed by atoms with Crippen molar-refractivity contribution < 1.29 is 23.5 Å². The minimum atomic E-state index is -3.17. The average molecular weight is 254 g/mol. The van der Waals surface area contributed by atoms with Crippen molar-refractivity contribution in [1.29, 1.82) is 0 Å². The molecule has 0 fully saturated rings. The quantitative estimate of drug-likeness (QED) is 0.638. The molecule has 0 spiro atoms. The summed E-state index contributed by atoms with van der Waals surface area (Å²) in [6.45, 7) is 7.96. The van der Waals surface area contributed by atoms with E-state index in [2.05, 4.69) is 0 Å². The van der Waals surface area contributed by atoms with Crippen molar-refractivity contribution in [3.63, 3.8) is 0 Å². The minimum Gasteiger partial charge on any atom is -0.390 e. The van der Waals surface area contributed by atoms with Crippen molar-refractivity contribution in [2.45, 2.75) is 39.9 Å². The van der Waals surface area contributed by atoms with Crippen LogP contribution in [0.4, 0.5) is 0 Å². The summed E-state index contributed by atoms with van der Waals surface area (Å²) >= 11 is 0. The Hall–Kier alpha value is 0.0700. The summed E-state index contributed by atoms with van der Waals surface area (Å²) in [6.07, 6.45) is -0.818. The molecule has 1 unspecified atom stereocenters. The summed E-state index contributed by atoms with van der Waals surface area (Å²) in [4.78, 5) is 0. The van der Waals surface area contributed by atoms with Crippen LogP contribution in [0.25, 0.3) is 0 Å². The highest BCUT2D eigenvalue weighted by atomic mass is 31.2. The molecule has 16 heavy (non-hydrogen) atoms. The number of aliphatic hydroxyl groups excluding tert-OH is 1.